The molecule has 0 aromatic heterocycles. The fraction of sp³-hybridized carbons (Fsp3) is 0.385. The van der Waals surface area contributed by atoms with E-state index < -0.39 is 5.17 Å². The first kappa shape index (κ1) is 17.6. The summed E-state index contributed by atoms with van der Waals surface area (Å²) in [5.74, 6) is 0. The molecule has 0 aliphatic heterocycles. The topological polar surface area (TPSA) is 78.5 Å². The van der Waals surface area contributed by atoms with E-state index in [4.69, 9.17) is 10.2 Å². The van der Waals surface area contributed by atoms with Crippen LogP contribution in [0.4, 0.5) is 5.69 Å². The van der Waals surface area contributed by atoms with Gasteiger partial charge in [-0.15, -0.1) is 0 Å². The molecule has 106 valence electrons. The van der Waals surface area contributed by atoms with Crippen molar-refractivity contribution in [1.29, 1.82) is 0 Å². The van der Waals surface area contributed by atoms with Crippen molar-refractivity contribution >= 4 is 40.5 Å². The Hall–Kier alpha value is -1.40. The second-order valence-corrected chi connectivity index (χ2v) is 4.69. The van der Waals surface area contributed by atoms with Gasteiger partial charge in [0.05, 0.1) is 0 Å². The first-order valence-corrected chi connectivity index (χ1v) is 6.85. The predicted octanol–water partition coefficient (Wildman–Crippen LogP) is 3.46. The highest BCUT2D eigenvalue weighted by Gasteiger charge is 2.01. The van der Waals surface area contributed by atoms with Crippen LogP contribution < -0.4 is 11.1 Å². The van der Waals surface area contributed by atoms with Crippen molar-refractivity contribution in [3.63, 3.8) is 0 Å². The standard InChI is InChI=1S/C12H17NOS.CH3NOS/c1-2-3-4-7-10-8-5-6-9-11(10)13-12(14)15;2-1(3)4/h5-6,8-9H,2-4,7H2,1H3,(H2,13,14,15);(H3,2,3,4). The summed E-state index contributed by atoms with van der Waals surface area (Å²) in [6.07, 6.45) is 4.65. The molecule has 0 heterocycles. The normalized spacial score (nSPS) is 9.11. The molecule has 0 radical (unpaired) electrons. The van der Waals surface area contributed by atoms with Crippen LogP contribution in [0.3, 0.4) is 0 Å². The molecule has 1 rings (SSSR count). The fourth-order valence-corrected chi connectivity index (χ4v) is 1.65. The summed E-state index contributed by atoms with van der Waals surface area (Å²) >= 11 is 8.49. The van der Waals surface area contributed by atoms with Gasteiger partial charge in [0.2, 0.25) is 0 Å². The van der Waals surface area contributed by atoms with E-state index in [0.717, 1.165) is 12.1 Å². The zero-order valence-electron chi connectivity index (χ0n) is 10.9. The van der Waals surface area contributed by atoms with Crippen molar-refractivity contribution < 1.29 is 10.2 Å². The molecule has 0 amide bonds. The number of nitrogens with one attached hydrogen (secondary N) is 1. The highest BCUT2D eigenvalue weighted by atomic mass is 32.1. The van der Waals surface area contributed by atoms with E-state index in [9.17, 15) is 0 Å². The third-order valence-electron chi connectivity index (χ3n) is 2.31. The second-order valence-electron chi connectivity index (χ2n) is 3.88. The summed E-state index contributed by atoms with van der Waals surface area (Å²) in [7, 11) is 0. The molecule has 6 heteroatoms. The average Bonchev–Trinajstić information content (AvgIpc) is 2.30. The van der Waals surface area contributed by atoms with Crippen LogP contribution in [0, 0.1) is 0 Å². The molecule has 4 nitrogen and oxygen atoms in total. The molecule has 1 aromatic carbocycles. The summed E-state index contributed by atoms with van der Waals surface area (Å²) in [4.78, 5) is 0. The zero-order valence-corrected chi connectivity index (χ0v) is 12.6. The number of aliphatic hydroxyl groups excluding tert-OH is 2. The molecular weight excluding hydrogens is 280 g/mol. The number of nitrogens with two attached hydrogens (primary N) is 1. The minimum absolute atomic E-state index is 0.169. The SMILES string of the molecule is CCCCCc1ccccc1NC(O)=S.NC(O)=S. The number of hydrogen-bond acceptors (Lipinski definition) is 2. The fourth-order valence-electron chi connectivity index (χ4n) is 1.54. The molecule has 0 aliphatic rings. The number of benzene rings is 1. The summed E-state index contributed by atoms with van der Waals surface area (Å²) < 4.78 is 0. The lowest BCUT2D eigenvalue weighted by atomic mass is 10.1. The second kappa shape index (κ2) is 10.5. The Morgan fingerprint density at radius 2 is 1.79 bits per heavy atom. The van der Waals surface area contributed by atoms with Crippen molar-refractivity contribution in [2.75, 3.05) is 5.32 Å². The number of aliphatic hydroxyl groups is 2. The van der Waals surface area contributed by atoms with E-state index in [-0.39, 0.29) is 5.17 Å². The molecule has 0 fully saturated rings. The average molecular weight is 300 g/mol. The molecule has 0 atom stereocenters. The Balaban J connectivity index is 0.000000711. The molecule has 0 saturated heterocycles. The van der Waals surface area contributed by atoms with Gasteiger partial charge in [-0.1, -0.05) is 38.0 Å². The largest absolute Gasteiger partial charge is 0.487 e. The van der Waals surface area contributed by atoms with Crippen molar-refractivity contribution in [2.45, 2.75) is 32.6 Å². The molecule has 0 bridgehead atoms. The van der Waals surface area contributed by atoms with Gasteiger partial charge in [-0.05, 0) is 48.9 Å². The third kappa shape index (κ3) is 10.2. The van der Waals surface area contributed by atoms with Gasteiger partial charge in [0, 0.05) is 5.69 Å². The Morgan fingerprint density at radius 3 is 2.32 bits per heavy atom. The number of anilines is 1. The number of hydrogen-bond donors (Lipinski definition) is 4. The molecule has 19 heavy (non-hydrogen) atoms. The summed E-state index contributed by atoms with van der Waals surface area (Å²) in [5.41, 5.74) is 6.53. The van der Waals surface area contributed by atoms with E-state index in [0.29, 0.717) is 0 Å². The molecule has 0 aliphatic carbocycles. The van der Waals surface area contributed by atoms with E-state index >= 15 is 0 Å². The quantitative estimate of drug-likeness (QED) is 0.493. The molecule has 0 spiro atoms. The molecule has 0 saturated carbocycles. The maximum absolute atomic E-state index is 9.02. The number of unbranched alkanes of at least 4 members (excludes halogenated alkanes) is 2. The monoisotopic (exact) mass is 300 g/mol. The summed E-state index contributed by atoms with van der Waals surface area (Å²) in [6.45, 7) is 2.19. The van der Waals surface area contributed by atoms with Gasteiger partial charge in [-0.25, -0.2) is 0 Å². The van der Waals surface area contributed by atoms with Crippen LogP contribution in [-0.4, -0.2) is 20.6 Å². The van der Waals surface area contributed by atoms with Gasteiger partial charge >= 0.3 is 0 Å². The molecule has 0 unspecified atom stereocenters. The lowest BCUT2D eigenvalue weighted by Crippen LogP contribution is -2.08. The predicted molar refractivity (Wildman–Crippen MR) is 87.9 cm³/mol. The van der Waals surface area contributed by atoms with E-state index in [1.807, 2.05) is 18.2 Å². The Kier molecular flexibility index (Phi) is 9.74. The highest BCUT2D eigenvalue weighted by molar-refractivity contribution is 7.80. The maximum atomic E-state index is 9.02. The van der Waals surface area contributed by atoms with Crippen molar-refractivity contribution in [2.24, 2.45) is 5.73 Å². The van der Waals surface area contributed by atoms with Crippen molar-refractivity contribution in [3.05, 3.63) is 29.8 Å². The van der Waals surface area contributed by atoms with Gasteiger partial charge in [0.1, 0.15) is 0 Å². The summed E-state index contributed by atoms with van der Waals surface area (Å²) in [6, 6.07) is 7.94. The minimum atomic E-state index is -0.500. The van der Waals surface area contributed by atoms with Crippen LogP contribution in [-0.2, 0) is 6.42 Å². The Morgan fingerprint density at radius 1 is 1.21 bits per heavy atom. The van der Waals surface area contributed by atoms with Crippen LogP contribution >= 0.6 is 24.4 Å². The number of aryl methyl sites for hydroxylation is 1. The number of para-hydroxylation sites is 1. The smallest absolute Gasteiger partial charge is 0.258 e. The van der Waals surface area contributed by atoms with Crippen LogP contribution in [0.5, 0.6) is 0 Å². The van der Waals surface area contributed by atoms with Gasteiger partial charge in [-0.2, -0.15) is 0 Å². The third-order valence-corrected chi connectivity index (χ3v) is 2.41. The first-order valence-electron chi connectivity index (χ1n) is 6.03. The number of thiocarbonyl (C=S) groups is 2. The van der Waals surface area contributed by atoms with E-state index in [1.54, 1.807) is 0 Å². The lowest BCUT2D eigenvalue weighted by Gasteiger charge is -2.09. The van der Waals surface area contributed by atoms with Crippen LogP contribution in [0.2, 0.25) is 0 Å². The van der Waals surface area contributed by atoms with Gasteiger partial charge in [-0.3, -0.25) is 0 Å². The molecular formula is C13H20N2O2S2. The van der Waals surface area contributed by atoms with E-state index in [1.165, 1.54) is 24.8 Å². The van der Waals surface area contributed by atoms with Crippen LogP contribution in [0.25, 0.3) is 0 Å². The number of rotatable bonds is 5. The lowest BCUT2D eigenvalue weighted by molar-refractivity contribution is 0.560. The zero-order chi connectivity index (χ0) is 14.7. The Labute approximate surface area is 124 Å². The van der Waals surface area contributed by atoms with Crippen LogP contribution in [0.15, 0.2) is 24.3 Å². The highest BCUT2D eigenvalue weighted by Crippen LogP contribution is 2.17. The first-order chi connectivity index (χ1) is 8.97. The van der Waals surface area contributed by atoms with Crippen molar-refractivity contribution in [1.82, 2.24) is 0 Å². The van der Waals surface area contributed by atoms with Gasteiger partial charge in [0.15, 0.2) is 0 Å². The van der Waals surface area contributed by atoms with E-state index in [2.05, 4.69) is 48.5 Å². The van der Waals surface area contributed by atoms with Crippen molar-refractivity contribution in [3.8, 4) is 0 Å². The molecule has 5 N–H and O–H groups in total. The molecule has 1 aromatic rings. The van der Waals surface area contributed by atoms with Gasteiger partial charge in [0.25, 0.3) is 10.3 Å². The van der Waals surface area contributed by atoms with Crippen LogP contribution in [0.1, 0.15) is 31.7 Å². The maximum Gasteiger partial charge on any atom is 0.258 e. The summed E-state index contributed by atoms with van der Waals surface area (Å²) in [5, 5.41) is 18.7. The van der Waals surface area contributed by atoms with Gasteiger partial charge < -0.3 is 21.3 Å². The Bertz CT molecular complexity index is 407. The minimum Gasteiger partial charge on any atom is -0.487 e.